The largest absolute Gasteiger partial charge is 0.455 e. The maximum Gasteiger partial charge on any atom is 0.340 e. The number of fused-ring (bicyclic) bond motifs is 1. The molecule has 2 aromatic heterocycles. The summed E-state index contributed by atoms with van der Waals surface area (Å²) in [5.74, 6) is 0.659. The number of H-pyrrole nitrogens is 1. The third kappa shape index (κ3) is 2.82. The fourth-order valence-electron chi connectivity index (χ4n) is 2.76. The molecule has 0 atom stereocenters. The quantitative estimate of drug-likeness (QED) is 0.718. The second kappa shape index (κ2) is 5.73. The standard InChI is InChI=1S/C17H16N2O5S/c1-10-5-7-12(8-6-10)25(21,22)24-17-15-13(16(20)18-19-17)9-14(23-15)11-3-2-4-11/h5-9,11H,2-4H2,1H3,(H,18,20). The Bertz CT molecular complexity index is 1090. The predicted molar refractivity (Wildman–Crippen MR) is 90.2 cm³/mol. The van der Waals surface area contributed by atoms with Crippen molar-refractivity contribution in [3.8, 4) is 5.88 Å². The fraction of sp³-hybridized carbons (Fsp3) is 0.294. The van der Waals surface area contributed by atoms with Gasteiger partial charge in [0.15, 0.2) is 0 Å². The number of nitrogens with one attached hydrogen (secondary N) is 1. The number of furan rings is 1. The van der Waals surface area contributed by atoms with Crippen LogP contribution in [0.5, 0.6) is 5.88 Å². The van der Waals surface area contributed by atoms with Gasteiger partial charge in [-0.2, -0.15) is 8.42 Å². The van der Waals surface area contributed by atoms with Crippen LogP contribution in [0.4, 0.5) is 0 Å². The first-order chi connectivity index (χ1) is 11.9. The number of hydrogen-bond donors (Lipinski definition) is 1. The van der Waals surface area contributed by atoms with Crippen LogP contribution in [0, 0.1) is 6.92 Å². The SMILES string of the molecule is Cc1ccc(S(=O)(=O)Oc2n[nH]c(=O)c3cc(C4CCC4)oc23)cc1. The smallest absolute Gasteiger partial charge is 0.340 e. The summed E-state index contributed by atoms with van der Waals surface area (Å²) in [5.41, 5.74) is 0.547. The monoisotopic (exact) mass is 360 g/mol. The van der Waals surface area contributed by atoms with Gasteiger partial charge in [-0.3, -0.25) is 4.79 Å². The summed E-state index contributed by atoms with van der Waals surface area (Å²) >= 11 is 0. The summed E-state index contributed by atoms with van der Waals surface area (Å²) in [4.78, 5) is 12.0. The first-order valence-corrected chi connectivity index (χ1v) is 9.38. The highest BCUT2D eigenvalue weighted by molar-refractivity contribution is 7.87. The molecule has 4 rings (SSSR count). The van der Waals surface area contributed by atoms with Crippen molar-refractivity contribution in [3.63, 3.8) is 0 Å². The van der Waals surface area contributed by atoms with Gasteiger partial charge in [-0.05, 0) is 38.0 Å². The van der Waals surface area contributed by atoms with Gasteiger partial charge in [0, 0.05) is 5.92 Å². The van der Waals surface area contributed by atoms with Crippen LogP contribution in [0.25, 0.3) is 11.0 Å². The highest BCUT2D eigenvalue weighted by atomic mass is 32.2. The van der Waals surface area contributed by atoms with E-state index in [4.69, 9.17) is 8.60 Å². The van der Waals surface area contributed by atoms with Crippen molar-refractivity contribution < 1.29 is 17.0 Å². The van der Waals surface area contributed by atoms with E-state index < -0.39 is 15.7 Å². The fourth-order valence-corrected chi connectivity index (χ4v) is 3.64. The van der Waals surface area contributed by atoms with Crippen molar-refractivity contribution in [2.24, 2.45) is 0 Å². The molecule has 0 spiro atoms. The number of hydrogen-bond acceptors (Lipinski definition) is 6. The lowest BCUT2D eigenvalue weighted by Gasteiger charge is -2.22. The van der Waals surface area contributed by atoms with Crippen LogP contribution in [0.2, 0.25) is 0 Å². The van der Waals surface area contributed by atoms with E-state index >= 15 is 0 Å². The topological polar surface area (TPSA) is 102 Å². The minimum absolute atomic E-state index is 0.00465. The summed E-state index contributed by atoms with van der Waals surface area (Å²) in [5, 5.41) is 6.22. The molecule has 1 aliphatic rings. The summed E-state index contributed by atoms with van der Waals surface area (Å²) in [7, 11) is -4.08. The summed E-state index contributed by atoms with van der Waals surface area (Å²) < 4.78 is 35.8. The molecule has 0 amide bonds. The molecule has 1 aliphatic carbocycles. The van der Waals surface area contributed by atoms with Crippen LogP contribution in [0.3, 0.4) is 0 Å². The summed E-state index contributed by atoms with van der Waals surface area (Å²) in [6, 6.07) is 7.90. The van der Waals surface area contributed by atoms with E-state index in [0.29, 0.717) is 5.76 Å². The average Bonchev–Trinajstić information content (AvgIpc) is 2.94. The highest BCUT2D eigenvalue weighted by Crippen LogP contribution is 2.39. The molecule has 0 radical (unpaired) electrons. The van der Waals surface area contributed by atoms with Gasteiger partial charge in [-0.25, -0.2) is 5.10 Å². The van der Waals surface area contributed by atoms with Crippen molar-refractivity contribution >= 4 is 21.1 Å². The third-order valence-electron chi connectivity index (χ3n) is 4.45. The van der Waals surface area contributed by atoms with Gasteiger partial charge in [0.2, 0.25) is 5.58 Å². The number of benzene rings is 1. The van der Waals surface area contributed by atoms with Crippen molar-refractivity contribution in [1.82, 2.24) is 10.2 Å². The minimum atomic E-state index is -4.08. The predicted octanol–water partition coefficient (Wildman–Crippen LogP) is 2.86. The number of aromatic amines is 1. The molecular formula is C17H16N2O5S. The zero-order valence-electron chi connectivity index (χ0n) is 13.5. The molecule has 1 aromatic carbocycles. The first-order valence-electron chi connectivity index (χ1n) is 7.97. The van der Waals surface area contributed by atoms with E-state index in [1.54, 1.807) is 18.2 Å². The minimum Gasteiger partial charge on any atom is -0.455 e. The molecule has 1 fully saturated rings. The van der Waals surface area contributed by atoms with Crippen molar-refractivity contribution in [2.45, 2.75) is 37.0 Å². The number of aryl methyl sites for hydroxylation is 1. The van der Waals surface area contributed by atoms with Gasteiger partial charge in [0.25, 0.3) is 11.4 Å². The van der Waals surface area contributed by atoms with E-state index in [2.05, 4.69) is 10.2 Å². The molecule has 25 heavy (non-hydrogen) atoms. The Hall–Kier alpha value is -2.61. The Labute approximate surface area is 143 Å². The molecule has 1 N–H and O–H groups in total. The van der Waals surface area contributed by atoms with Gasteiger partial charge in [-0.15, -0.1) is 5.10 Å². The van der Waals surface area contributed by atoms with Gasteiger partial charge in [-0.1, -0.05) is 24.1 Å². The number of rotatable bonds is 4. The molecule has 0 unspecified atom stereocenters. The van der Waals surface area contributed by atoms with Gasteiger partial charge in [0.1, 0.15) is 10.7 Å². The lowest BCUT2D eigenvalue weighted by atomic mass is 9.83. The second-order valence-electron chi connectivity index (χ2n) is 6.23. The molecule has 130 valence electrons. The van der Waals surface area contributed by atoms with Crippen LogP contribution in [0.15, 0.2) is 44.4 Å². The van der Waals surface area contributed by atoms with E-state index in [1.165, 1.54) is 12.1 Å². The number of aromatic nitrogens is 2. The molecular weight excluding hydrogens is 344 g/mol. The van der Waals surface area contributed by atoms with E-state index in [1.807, 2.05) is 6.92 Å². The van der Waals surface area contributed by atoms with Crippen LogP contribution in [-0.2, 0) is 10.1 Å². The average molecular weight is 360 g/mol. The third-order valence-corrected chi connectivity index (χ3v) is 5.68. The zero-order valence-corrected chi connectivity index (χ0v) is 14.3. The Morgan fingerprint density at radius 1 is 1.24 bits per heavy atom. The molecule has 0 aliphatic heterocycles. The maximum atomic E-state index is 12.5. The van der Waals surface area contributed by atoms with Crippen LogP contribution >= 0.6 is 0 Å². The molecule has 2 heterocycles. The molecule has 0 saturated heterocycles. The Kier molecular flexibility index (Phi) is 3.64. The summed E-state index contributed by atoms with van der Waals surface area (Å²) in [6.45, 7) is 1.86. The molecule has 8 heteroatoms. The van der Waals surface area contributed by atoms with Gasteiger partial charge >= 0.3 is 10.1 Å². The number of nitrogens with zero attached hydrogens (tertiary/aromatic N) is 1. The molecule has 3 aromatic rings. The lowest BCUT2D eigenvalue weighted by molar-refractivity contribution is 0.353. The molecule has 1 saturated carbocycles. The lowest BCUT2D eigenvalue weighted by Crippen LogP contribution is -2.14. The normalized spacial score (nSPS) is 15.2. The maximum absolute atomic E-state index is 12.5. The Morgan fingerprint density at radius 2 is 1.96 bits per heavy atom. The van der Waals surface area contributed by atoms with Crippen LogP contribution < -0.4 is 9.74 Å². The van der Waals surface area contributed by atoms with Crippen molar-refractivity contribution in [3.05, 3.63) is 52.0 Å². The highest BCUT2D eigenvalue weighted by Gasteiger charge is 2.27. The molecule has 0 bridgehead atoms. The van der Waals surface area contributed by atoms with Crippen LogP contribution in [-0.4, -0.2) is 18.6 Å². The summed E-state index contributed by atoms with van der Waals surface area (Å²) in [6.07, 6.45) is 3.09. The van der Waals surface area contributed by atoms with Crippen molar-refractivity contribution in [1.29, 1.82) is 0 Å². The van der Waals surface area contributed by atoms with E-state index in [0.717, 1.165) is 24.8 Å². The molecule has 7 nitrogen and oxygen atoms in total. The van der Waals surface area contributed by atoms with Crippen molar-refractivity contribution in [2.75, 3.05) is 0 Å². The van der Waals surface area contributed by atoms with Gasteiger partial charge in [0.05, 0.1) is 5.39 Å². The first kappa shape index (κ1) is 15.9. The van der Waals surface area contributed by atoms with Crippen LogP contribution in [0.1, 0.15) is 36.5 Å². The zero-order chi connectivity index (χ0) is 17.6. The Morgan fingerprint density at radius 3 is 2.60 bits per heavy atom. The second-order valence-corrected chi connectivity index (χ2v) is 7.77. The van der Waals surface area contributed by atoms with E-state index in [-0.39, 0.29) is 27.7 Å². The van der Waals surface area contributed by atoms with E-state index in [9.17, 15) is 13.2 Å². The Balaban J connectivity index is 1.76. The van der Waals surface area contributed by atoms with Gasteiger partial charge < -0.3 is 8.60 Å².